The molecule has 2 rings (SSSR count). The van der Waals surface area contributed by atoms with E-state index < -0.39 is 0 Å². The highest BCUT2D eigenvalue weighted by molar-refractivity contribution is 5.78. The number of benzene rings is 1. The molecule has 1 aliphatic rings. The molecule has 22 heavy (non-hydrogen) atoms. The van der Waals surface area contributed by atoms with Crippen molar-refractivity contribution in [3.8, 4) is 23.0 Å². The second-order valence-corrected chi connectivity index (χ2v) is 4.78. The number of nitrogens with one attached hydrogen (secondary N) is 1. The molecule has 1 aromatic carbocycles. The van der Waals surface area contributed by atoms with Crippen LogP contribution in [0.25, 0.3) is 0 Å². The predicted octanol–water partition coefficient (Wildman–Crippen LogP) is 0.523. The average molecular weight is 310 g/mol. The van der Waals surface area contributed by atoms with E-state index in [1.807, 2.05) is 0 Å². The zero-order chi connectivity index (χ0) is 15.9. The van der Waals surface area contributed by atoms with Crippen molar-refractivity contribution < 1.29 is 23.7 Å². The van der Waals surface area contributed by atoms with Crippen molar-refractivity contribution >= 4 is 5.91 Å². The summed E-state index contributed by atoms with van der Waals surface area (Å²) in [6.45, 7) is 3.03. The first-order valence-corrected chi connectivity index (χ1v) is 7.11. The molecular weight excluding hydrogens is 288 g/mol. The van der Waals surface area contributed by atoms with Gasteiger partial charge in [0.1, 0.15) is 5.75 Å². The molecule has 1 aliphatic heterocycles. The van der Waals surface area contributed by atoms with Crippen LogP contribution < -0.4 is 24.3 Å². The summed E-state index contributed by atoms with van der Waals surface area (Å²) in [6, 6.07) is 3.35. The van der Waals surface area contributed by atoms with Gasteiger partial charge >= 0.3 is 0 Å². The van der Waals surface area contributed by atoms with Gasteiger partial charge < -0.3 is 29.2 Å². The van der Waals surface area contributed by atoms with Gasteiger partial charge in [-0.25, -0.2) is 0 Å². The van der Waals surface area contributed by atoms with Crippen LogP contribution in [0.4, 0.5) is 0 Å². The molecule has 0 saturated carbocycles. The minimum absolute atomic E-state index is 0.0152. The number of hydrogen-bond acceptors (Lipinski definition) is 6. The molecule has 1 aromatic rings. The Kier molecular flexibility index (Phi) is 5.71. The maximum atomic E-state index is 12.1. The lowest BCUT2D eigenvalue weighted by Gasteiger charge is -2.27. The van der Waals surface area contributed by atoms with Gasteiger partial charge in [-0.2, -0.15) is 0 Å². The molecule has 1 amide bonds. The van der Waals surface area contributed by atoms with Gasteiger partial charge in [-0.05, 0) is 0 Å². The molecule has 0 atom stereocenters. The molecule has 7 heteroatoms. The van der Waals surface area contributed by atoms with Gasteiger partial charge in [0.05, 0.1) is 21.3 Å². The number of amides is 1. The zero-order valence-corrected chi connectivity index (χ0v) is 13.2. The lowest BCUT2D eigenvalue weighted by Crippen LogP contribution is -2.47. The van der Waals surface area contributed by atoms with E-state index in [0.29, 0.717) is 36.1 Å². The van der Waals surface area contributed by atoms with Crippen molar-refractivity contribution in [2.45, 2.75) is 0 Å². The maximum absolute atomic E-state index is 12.1. The van der Waals surface area contributed by atoms with Gasteiger partial charge in [0, 0.05) is 38.3 Å². The van der Waals surface area contributed by atoms with Crippen LogP contribution in [0.5, 0.6) is 23.0 Å². The molecule has 1 fully saturated rings. The second kappa shape index (κ2) is 7.74. The third-order valence-corrected chi connectivity index (χ3v) is 3.47. The number of nitrogens with zero attached hydrogens (tertiary/aromatic N) is 1. The van der Waals surface area contributed by atoms with Crippen LogP contribution in [-0.4, -0.2) is 64.9 Å². The molecule has 0 unspecified atom stereocenters. The third kappa shape index (κ3) is 3.73. The van der Waals surface area contributed by atoms with Gasteiger partial charge in [0.25, 0.3) is 5.91 Å². The summed E-state index contributed by atoms with van der Waals surface area (Å²) in [6.07, 6.45) is 0. The van der Waals surface area contributed by atoms with Crippen LogP contribution in [0, 0.1) is 0 Å². The van der Waals surface area contributed by atoms with Crippen LogP contribution in [0.3, 0.4) is 0 Å². The summed E-state index contributed by atoms with van der Waals surface area (Å²) in [5, 5.41) is 3.20. The number of rotatable bonds is 6. The summed E-state index contributed by atoms with van der Waals surface area (Å²) in [5.41, 5.74) is 0. The highest BCUT2D eigenvalue weighted by Gasteiger charge is 2.18. The quantitative estimate of drug-likeness (QED) is 0.826. The van der Waals surface area contributed by atoms with E-state index in [1.54, 1.807) is 17.0 Å². The molecular formula is C15H22N2O5. The fourth-order valence-corrected chi connectivity index (χ4v) is 2.29. The van der Waals surface area contributed by atoms with Gasteiger partial charge in [-0.3, -0.25) is 4.79 Å². The van der Waals surface area contributed by atoms with Crippen molar-refractivity contribution in [1.82, 2.24) is 10.2 Å². The van der Waals surface area contributed by atoms with E-state index in [1.165, 1.54) is 21.3 Å². The number of ether oxygens (including phenoxy) is 4. The molecule has 1 heterocycles. The first-order chi connectivity index (χ1) is 10.7. The first kappa shape index (κ1) is 16.2. The van der Waals surface area contributed by atoms with E-state index in [0.717, 1.165) is 13.1 Å². The largest absolute Gasteiger partial charge is 0.493 e. The van der Waals surface area contributed by atoms with Gasteiger partial charge in [-0.1, -0.05) is 0 Å². The van der Waals surface area contributed by atoms with Crippen molar-refractivity contribution in [3.05, 3.63) is 12.1 Å². The Morgan fingerprint density at radius 2 is 1.68 bits per heavy atom. The maximum Gasteiger partial charge on any atom is 0.260 e. The lowest BCUT2D eigenvalue weighted by atomic mass is 10.2. The molecule has 0 bridgehead atoms. The summed E-state index contributed by atoms with van der Waals surface area (Å²) in [5.74, 6) is 1.94. The van der Waals surface area contributed by atoms with Crippen LogP contribution >= 0.6 is 0 Å². The molecule has 7 nitrogen and oxygen atoms in total. The molecule has 0 aromatic heterocycles. The van der Waals surface area contributed by atoms with Crippen LogP contribution in [0.15, 0.2) is 12.1 Å². The Labute approximate surface area is 130 Å². The van der Waals surface area contributed by atoms with E-state index in [4.69, 9.17) is 18.9 Å². The monoisotopic (exact) mass is 310 g/mol. The average Bonchev–Trinajstić information content (AvgIpc) is 2.59. The van der Waals surface area contributed by atoms with Gasteiger partial charge in [-0.15, -0.1) is 0 Å². The summed E-state index contributed by atoms with van der Waals surface area (Å²) in [7, 11) is 4.61. The summed E-state index contributed by atoms with van der Waals surface area (Å²) < 4.78 is 21.3. The Hall–Kier alpha value is -2.15. The fourth-order valence-electron chi connectivity index (χ4n) is 2.29. The van der Waals surface area contributed by atoms with E-state index >= 15 is 0 Å². The fraction of sp³-hybridized carbons (Fsp3) is 0.533. The zero-order valence-electron chi connectivity index (χ0n) is 13.2. The standard InChI is InChI=1S/C15H22N2O5/c1-19-12-8-11(9-13(20-2)15(12)21-3)22-10-14(18)17-6-4-16-5-7-17/h8-9,16H,4-7,10H2,1-3H3. The predicted molar refractivity (Wildman–Crippen MR) is 81.0 cm³/mol. The van der Waals surface area contributed by atoms with Crippen molar-refractivity contribution in [1.29, 1.82) is 0 Å². The molecule has 1 saturated heterocycles. The van der Waals surface area contributed by atoms with E-state index in [9.17, 15) is 4.79 Å². The molecule has 1 N–H and O–H groups in total. The molecule has 0 aliphatic carbocycles. The Morgan fingerprint density at radius 1 is 1.09 bits per heavy atom. The van der Waals surface area contributed by atoms with Gasteiger partial charge in [0.15, 0.2) is 18.1 Å². The number of hydrogen-bond donors (Lipinski definition) is 1. The van der Waals surface area contributed by atoms with Crippen LogP contribution in [-0.2, 0) is 4.79 Å². The lowest BCUT2D eigenvalue weighted by molar-refractivity contribution is -0.133. The van der Waals surface area contributed by atoms with Crippen molar-refractivity contribution in [2.24, 2.45) is 0 Å². The summed E-state index contributed by atoms with van der Waals surface area (Å²) in [4.78, 5) is 13.9. The molecule has 0 spiro atoms. The van der Waals surface area contributed by atoms with Crippen molar-refractivity contribution in [3.63, 3.8) is 0 Å². The Morgan fingerprint density at radius 3 is 2.18 bits per heavy atom. The topological polar surface area (TPSA) is 69.3 Å². The van der Waals surface area contributed by atoms with Crippen LogP contribution in [0.2, 0.25) is 0 Å². The number of carbonyl (C=O) groups is 1. The molecule has 0 radical (unpaired) electrons. The smallest absolute Gasteiger partial charge is 0.260 e. The minimum atomic E-state index is -0.0322. The van der Waals surface area contributed by atoms with E-state index in [-0.39, 0.29) is 12.5 Å². The highest BCUT2D eigenvalue weighted by Crippen LogP contribution is 2.40. The Balaban J connectivity index is 2.04. The minimum Gasteiger partial charge on any atom is -0.493 e. The van der Waals surface area contributed by atoms with Crippen LogP contribution in [0.1, 0.15) is 0 Å². The highest BCUT2D eigenvalue weighted by atomic mass is 16.5. The first-order valence-electron chi connectivity index (χ1n) is 7.11. The normalized spacial score (nSPS) is 14.4. The number of methoxy groups -OCH3 is 3. The SMILES string of the molecule is COc1cc(OCC(=O)N2CCNCC2)cc(OC)c1OC. The van der Waals surface area contributed by atoms with Gasteiger partial charge in [0.2, 0.25) is 5.75 Å². The Bertz CT molecular complexity index is 490. The second-order valence-electron chi connectivity index (χ2n) is 4.78. The summed E-state index contributed by atoms with van der Waals surface area (Å²) >= 11 is 0. The van der Waals surface area contributed by atoms with Crippen molar-refractivity contribution in [2.75, 3.05) is 54.1 Å². The number of carbonyl (C=O) groups excluding carboxylic acids is 1. The third-order valence-electron chi connectivity index (χ3n) is 3.47. The van der Waals surface area contributed by atoms with E-state index in [2.05, 4.69) is 5.32 Å². The molecule has 122 valence electrons. The number of piperazine rings is 1.